The summed E-state index contributed by atoms with van der Waals surface area (Å²) >= 11 is 1.68. The molecular formula is C13H20N2O2S. The number of thiazole rings is 1. The fourth-order valence-corrected chi connectivity index (χ4v) is 3.57. The van der Waals surface area contributed by atoms with Crippen LogP contribution in [-0.2, 0) is 11.2 Å². The summed E-state index contributed by atoms with van der Waals surface area (Å²) in [5, 5.41) is 9.84. The monoisotopic (exact) mass is 268 g/mol. The van der Waals surface area contributed by atoms with E-state index in [9.17, 15) is 4.79 Å². The van der Waals surface area contributed by atoms with E-state index in [4.69, 9.17) is 5.11 Å². The summed E-state index contributed by atoms with van der Waals surface area (Å²) in [4.78, 5) is 18.6. The smallest absolute Gasteiger partial charge is 0.303 e. The first-order valence-corrected chi connectivity index (χ1v) is 7.31. The van der Waals surface area contributed by atoms with Gasteiger partial charge in [0.15, 0.2) is 0 Å². The minimum atomic E-state index is -0.741. The van der Waals surface area contributed by atoms with Gasteiger partial charge in [0.25, 0.3) is 0 Å². The Morgan fingerprint density at radius 2 is 2.44 bits per heavy atom. The van der Waals surface area contributed by atoms with Gasteiger partial charge in [-0.05, 0) is 39.7 Å². The molecule has 1 aliphatic heterocycles. The van der Waals surface area contributed by atoms with E-state index in [1.54, 1.807) is 11.3 Å². The van der Waals surface area contributed by atoms with E-state index in [-0.39, 0.29) is 6.42 Å². The molecule has 5 heteroatoms. The van der Waals surface area contributed by atoms with E-state index >= 15 is 0 Å². The van der Waals surface area contributed by atoms with Gasteiger partial charge in [-0.2, -0.15) is 0 Å². The second-order valence-electron chi connectivity index (χ2n) is 5.05. The molecule has 0 spiro atoms. The average molecular weight is 268 g/mol. The van der Waals surface area contributed by atoms with Crippen molar-refractivity contribution >= 4 is 17.3 Å². The lowest BCUT2D eigenvalue weighted by Gasteiger charge is -2.26. The van der Waals surface area contributed by atoms with Gasteiger partial charge in [0, 0.05) is 17.1 Å². The lowest BCUT2D eigenvalue weighted by atomic mass is 10.2. The zero-order valence-electron chi connectivity index (χ0n) is 10.9. The highest BCUT2D eigenvalue weighted by atomic mass is 32.1. The number of nitrogens with zero attached hydrogens (tertiary/aromatic N) is 2. The molecule has 0 bridgehead atoms. The van der Waals surface area contributed by atoms with E-state index in [2.05, 4.69) is 23.7 Å². The average Bonchev–Trinajstić information content (AvgIpc) is 2.94. The molecule has 1 unspecified atom stereocenters. The van der Waals surface area contributed by atoms with E-state index < -0.39 is 5.97 Å². The molecule has 1 aliphatic rings. The van der Waals surface area contributed by atoms with Crippen molar-refractivity contribution < 1.29 is 9.90 Å². The first-order valence-electron chi connectivity index (χ1n) is 6.50. The topological polar surface area (TPSA) is 53.4 Å². The summed E-state index contributed by atoms with van der Waals surface area (Å²) in [5.74, 6) is -0.741. The van der Waals surface area contributed by atoms with Crippen molar-refractivity contribution in [3.63, 3.8) is 0 Å². The van der Waals surface area contributed by atoms with Crippen LogP contribution in [0, 0.1) is 0 Å². The van der Waals surface area contributed by atoms with Crippen LogP contribution in [-0.4, -0.2) is 33.5 Å². The molecule has 0 aromatic carbocycles. The van der Waals surface area contributed by atoms with Gasteiger partial charge in [0.1, 0.15) is 5.01 Å². The first kappa shape index (κ1) is 13.5. The van der Waals surface area contributed by atoms with Gasteiger partial charge in [-0.1, -0.05) is 0 Å². The highest BCUT2D eigenvalue weighted by Crippen LogP contribution is 2.35. The van der Waals surface area contributed by atoms with E-state index in [0.717, 1.165) is 16.4 Å². The van der Waals surface area contributed by atoms with Crippen LogP contribution in [0.5, 0.6) is 0 Å². The van der Waals surface area contributed by atoms with E-state index in [1.807, 2.05) is 6.20 Å². The van der Waals surface area contributed by atoms with E-state index in [0.29, 0.717) is 18.5 Å². The zero-order chi connectivity index (χ0) is 13.1. The third kappa shape index (κ3) is 3.09. The van der Waals surface area contributed by atoms with Crippen molar-refractivity contribution in [3.05, 3.63) is 16.1 Å². The largest absolute Gasteiger partial charge is 0.481 e. The molecule has 0 amide bonds. The highest BCUT2D eigenvalue weighted by Gasteiger charge is 2.29. The van der Waals surface area contributed by atoms with Gasteiger partial charge in [0.05, 0.1) is 12.5 Å². The molecular weight excluding hydrogens is 248 g/mol. The SMILES string of the molecule is CC(C)N1CCCC1c1ncc(CCC(=O)O)s1. The van der Waals surface area contributed by atoms with Gasteiger partial charge < -0.3 is 5.11 Å². The Kier molecular flexibility index (Phi) is 4.35. The lowest BCUT2D eigenvalue weighted by molar-refractivity contribution is -0.136. The maximum atomic E-state index is 10.6. The fraction of sp³-hybridized carbons (Fsp3) is 0.692. The number of carbonyl (C=O) groups is 1. The van der Waals surface area contributed by atoms with Crippen LogP contribution in [0.2, 0.25) is 0 Å². The molecule has 2 rings (SSSR count). The van der Waals surface area contributed by atoms with Crippen LogP contribution in [0.4, 0.5) is 0 Å². The molecule has 18 heavy (non-hydrogen) atoms. The van der Waals surface area contributed by atoms with Crippen molar-refractivity contribution in [1.29, 1.82) is 0 Å². The highest BCUT2D eigenvalue weighted by molar-refractivity contribution is 7.11. The zero-order valence-corrected chi connectivity index (χ0v) is 11.7. The second-order valence-corrected chi connectivity index (χ2v) is 6.19. The summed E-state index contributed by atoms with van der Waals surface area (Å²) < 4.78 is 0. The summed E-state index contributed by atoms with van der Waals surface area (Å²) in [5.41, 5.74) is 0. The Morgan fingerprint density at radius 1 is 1.67 bits per heavy atom. The molecule has 1 fully saturated rings. The minimum absolute atomic E-state index is 0.195. The van der Waals surface area contributed by atoms with Crippen LogP contribution in [0.1, 0.15) is 49.0 Å². The number of rotatable bonds is 5. The number of hydrogen-bond acceptors (Lipinski definition) is 4. The minimum Gasteiger partial charge on any atom is -0.481 e. The fourth-order valence-electron chi connectivity index (χ4n) is 2.49. The Morgan fingerprint density at radius 3 is 3.11 bits per heavy atom. The maximum absolute atomic E-state index is 10.6. The van der Waals surface area contributed by atoms with Gasteiger partial charge in [0.2, 0.25) is 0 Å². The third-order valence-corrected chi connectivity index (χ3v) is 4.56. The number of likely N-dealkylation sites (tertiary alicyclic amines) is 1. The Labute approximate surface area is 112 Å². The number of aromatic nitrogens is 1. The van der Waals surface area contributed by atoms with Crippen LogP contribution < -0.4 is 0 Å². The first-order chi connectivity index (χ1) is 8.58. The van der Waals surface area contributed by atoms with Crippen molar-refractivity contribution in [2.24, 2.45) is 0 Å². The lowest BCUT2D eigenvalue weighted by Crippen LogP contribution is -2.30. The molecule has 2 heterocycles. The van der Waals surface area contributed by atoms with Crippen LogP contribution >= 0.6 is 11.3 Å². The summed E-state index contributed by atoms with van der Waals surface area (Å²) in [7, 11) is 0. The van der Waals surface area contributed by atoms with Crippen molar-refractivity contribution in [2.45, 2.75) is 51.6 Å². The molecule has 1 N–H and O–H groups in total. The Balaban J connectivity index is 2.02. The third-order valence-electron chi connectivity index (χ3n) is 3.40. The molecule has 1 aromatic heterocycles. The molecule has 0 saturated carbocycles. The Bertz CT molecular complexity index is 417. The predicted octanol–water partition coefficient (Wildman–Crippen LogP) is 2.71. The molecule has 4 nitrogen and oxygen atoms in total. The number of hydrogen-bond donors (Lipinski definition) is 1. The van der Waals surface area contributed by atoms with Gasteiger partial charge in [-0.3, -0.25) is 9.69 Å². The number of aliphatic carboxylic acids is 1. The molecule has 0 aliphatic carbocycles. The Hall–Kier alpha value is -0.940. The van der Waals surface area contributed by atoms with Crippen LogP contribution in [0.3, 0.4) is 0 Å². The molecule has 1 saturated heterocycles. The van der Waals surface area contributed by atoms with Crippen molar-refractivity contribution in [2.75, 3.05) is 6.54 Å². The van der Waals surface area contributed by atoms with Crippen LogP contribution in [0.15, 0.2) is 6.20 Å². The standard InChI is InChI=1S/C13H20N2O2S/c1-9(2)15-7-3-4-11(15)13-14-8-10(18-13)5-6-12(16)17/h8-9,11H,3-7H2,1-2H3,(H,16,17). The molecule has 0 radical (unpaired) electrons. The number of carboxylic acids is 1. The van der Waals surface area contributed by atoms with Crippen molar-refractivity contribution in [1.82, 2.24) is 9.88 Å². The molecule has 1 aromatic rings. The quantitative estimate of drug-likeness (QED) is 0.892. The van der Waals surface area contributed by atoms with Crippen LogP contribution in [0.25, 0.3) is 0 Å². The summed E-state index contributed by atoms with van der Waals surface area (Å²) in [6.07, 6.45) is 5.04. The van der Waals surface area contributed by atoms with E-state index in [1.165, 1.54) is 12.8 Å². The molecule has 1 atom stereocenters. The summed E-state index contributed by atoms with van der Waals surface area (Å²) in [6.45, 7) is 5.58. The van der Waals surface area contributed by atoms with Gasteiger partial charge >= 0.3 is 5.97 Å². The van der Waals surface area contributed by atoms with Gasteiger partial charge in [-0.15, -0.1) is 11.3 Å². The second kappa shape index (κ2) is 5.80. The van der Waals surface area contributed by atoms with Crippen molar-refractivity contribution in [3.8, 4) is 0 Å². The maximum Gasteiger partial charge on any atom is 0.303 e. The number of carboxylic acid groups (broad SMARTS) is 1. The molecule has 100 valence electrons. The number of aryl methyl sites for hydroxylation is 1. The predicted molar refractivity (Wildman–Crippen MR) is 71.9 cm³/mol. The van der Waals surface area contributed by atoms with Gasteiger partial charge in [-0.25, -0.2) is 4.98 Å². The normalized spacial score (nSPS) is 20.7. The summed E-state index contributed by atoms with van der Waals surface area (Å²) in [6, 6.07) is 0.984.